The summed E-state index contributed by atoms with van der Waals surface area (Å²) in [7, 11) is 2.13. The Morgan fingerprint density at radius 3 is 3.05 bits per heavy atom. The second-order valence-electron chi connectivity index (χ2n) is 5.02. The normalized spacial score (nSPS) is 21.1. The molecule has 0 saturated carbocycles. The summed E-state index contributed by atoms with van der Waals surface area (Å²) in [5.41, 5.74) is 2.14. The largest absolute Gasteiger partial charge is 0.374 e. The second kappa shape index (κ2) is 5.49. The minimum absolute atomic E-state index is 0.207. The van der Waals surface area contributed by atoms with E-state index in [1.807, 2.05) is 18.2 Å². The van der Waals surface area contributed by atoms with E-state index in [-0.39, 0.29) is 6.10 Å². The van der Waals surface area contributed by atoms with Crippen LogP contribution >= 0.6 is 11.6 Å². The number of rotatable bonds is 3. The maximum absolute atomic E-state index is 6.02. The van der Waals surface area contributed by atoms with Gasteiger partial charge in [0.1, 0.15) is 5.82 Å². The number of likely N-dealkylation sites (N-methyl/N-ethyl adjacent to an activating group) is 1. The first-order valence-corrected chi connectivity index (χ1v) is 7.11. The summed E-state index contributed by atoms with van der Waals surface area (Å²) >= 11 is 6.02. The van der Waals surface area contributed by atoms with Gasteiger partial charge in [0, 0.05) is 13.1 Å². The number of para-hydroxylation sites is 2. The van der Waals surface area contributed by atoms with E-state index in [0.29, 0.717) is 5.88 Å². The predicted molar refractivity (Wildman–Crippen MR) is 76.5 cm³/mol. The maximum Gasteiger partial charge on any atom is 0.124 e. The lowest BCUT2D eigenvalue weighted by Crippen LogP contribution is -2.42. The van der Waals surface area contributed by atoms with Gasteiger partial charge in [-0.1, -0.05) is 12.1 Å². The SMILES string of the molecule is CN1CCOC(Cn2c(CCl)nc3ccccc32)C1. The van der Waals surface area contributed by atoms with Gasteiger partial charge < -0.3 is 14.2 Å². The fourth-order valence-corrected chi connectivity index (χ4v) is 2.82. The molecule has 0 bridgehead atoms. The molecule has 1 aliphatic rings. The molecular formula is C14H18ClN3O. The van der Waals surface area contributed by atoms with Crippen molar-refractivity contribution < 1.29 is 4.74 Å². The molecule has 102 valence electrons. The van der Waals surface area contributed by atoms with Gasteiger partial charge in [-0.15, -0.1) is 11.6 Å². The average Bonchev–Trinajstić information content (AvgIpc) is 2.77. The van der Waals surface area contributed by atoms with Crippen molar-refractivity contribution in [3.8, 4) is 0 Å². The summed E-state index contributed by atoms with van der Waals surface area (Å²) < 4.78 is 8.02. The van der Waals surface area contributed by atoms with Crippen LogP contribution in [-0.4, -0.2) is 47.3 Å². The van der Waals surface area contributed by atoms with Gasteiger partial charge in [-0.3, -0.25) is 0 Å². The Morgan fingerprint density at radius 2 is 2.26 bits per heavy atom. The lowest BCUT2D eigenvalue weighted by Gasteiger charge is -2.30. The van der Waals surface area contributed by atoms with Crippen LogP contribution in [0.3, 0.4) is 0 Å². The monoisotopic (exact) mass is 279 g/mol. The smallest absolute Gasteiger partial charge is 0.124 e. The van der Waals surface area contributed by atoms with Crippen molar-refractivity contribution in [3.05, 3.63) is 30.1 Å². The van der Waals surface area contributed by atoms with Crippen molar-refractivity contribution in [2.45, 2.75) is 18.5 Å². The minimum atomic E-state index is 0.207. The van der Waals surface area contributed by atoms with Gasteiger partial charge >= 0.3 is 0 Å². The molecular weight excluding hydrogens is 262 g/mol. The quantitative estimate of drug-likeness (QED) is 0.806. The molecule has 1 unspecified atom stereocenters. The highest BCUT2D eigenvalue weighted by molar-refractivity contribution is 6.16. The summed E-state index contributed by atoms with van der Waals surface area (Å²) in [5, 5.41) is 0. The van der Waals surface area contributed by atoms with Crippen LogP contribution in [0, 0.1) is 0 Å². The van der Waals surface area contributed by atoms with E-state index in [1.54, 1.807) is 0 Å². The molecule has 0 amide bonds. The van der Waals surface area contributed by atoms with Crippen molar-refractivity contribution in [2.75, 3.05) is 26.7 Å². The molecule has 2 aromatic rings. The van der Waals surface area contributed by atoms with Gasteiger partial charge in [0.15, 0.2) is 0 Å². The molecule has 4 nitrogen and oxygen atoms in total. The van der Waals surface area contributed by atoms with Crippen LogP contribution in [0.5, 0.6) is 0 Å². The highest BCUT2D eigenvalue weighted by Gasteiger charge is 2.20. The standard InChI is InChI=1S/C14H18ClN3O/c1-17-6-7-19-11(9-17)10-18-13-5-3-2-4-12(13)16-14(18)8-15/h2-5,11H,6-10H2,1H3. The summed E-state index contributed by atoms with van der Waals surface area (Å²) in [6.07, 6.45) is 0.207. The van der Waals surface area contributed by atoms with E-state index >= 15 is 0 Å². The number of nitrogens with zero attached hydrogens (tertiary/aromatic N) is 3. The van der Waals surface area contributed by atoms with E-state index < -0.39 is 0 Å². The number of alkyl halides is 1. The molecule has 1 atom stereocenters. The van der Waals surface area contributed by atoms with Crippen LogP contribution < -0.4 is 0 Å². The molecule has 1 aromatic heterocycles. The fourth-order valence-electron chi connectivity index (χ4n) is 2.61. The number of benzene rings is 1. The van der Waals surface area contributed by atoms with E-state index in [4.69, 9.17) is 16.3 Å². The second-order valence-corrected chi connectivity index (χ2v) is 5.28. The van der Waals surface area contributed by atoms with Gasteiger partial charge in [0.2, 0.25) is 0 Å². The third-order valence-electron chi connectivity index (χ3n) is 3.58. The third kappa shape index (κ3) is 2.61. The molecule has 5 heteroatoms. The van der Waals surface area contributed by atoms with Crippen LogP contribution in [0.1, 0.15) is 5.82 Å². The zero-order valence-corrected chi connectivity index (χ0v) is 11.8. The fraction of sp³-hybridized carbons (Fsp3) is 0.500. The van der Waals surface area contributed by atoms with Crippen LogP contribution in [0.15, 0.2) is 24.3 Å². The Bertz CT molecular complexity index is 569. The van der Waals surface area contributed by atoms with Crippen molar-refractivity contribution in [2.24, 2.45) is 0 Å². The van der Waals surface area contributed by atoms with E-state index in [2.05, 4.69) is 27.6 Å². The Balaban J connectivity index is 1.90. The molecule has 0 radical (unpaired) electrons. The van der Waals surface area contributed by atoms with Gasteiger partial charge in [-0.25, -0.2) is 4.98 Å². The van der Waals surface area contributed by atoms with E-state index in [1.165, 1.54) is 0 Å². The average molecular weight is 280 g/mol. The Hall–Kier alpha value is -1.10. The summed E-state index contributed by atoms with van der Waals surface area (Å²) in [5.74, 6) is 1.34. The van der Waals surface area contributed by atoms with Gasteiger partial charge in [-0.2, -0.15) is 0 Å². The molecule has 1 aromatic carbocycles. The number of aromatic nitrogens is 2. The first kappa shape index (κ1) is 12.9. The number of morpholine rings is 1. The summed E-state index contributed by atoms with van der Waals surface area (Å²) in [6, 6.07) is 8.15. The molecule has 0 N–H and O–H groups in total. The Labute approximate surface area is 117 Å². The van der Waals surface area contributed by atoms with Crippen LogP contribution in [-0.2, 0) is 17.2 Å². The number of imidazole rings is 1. The van der Waals surface area contributed by atoms with Crippen LogP contribution in [0.2, 0.25) is 0 Å². The summed E-state index contributed by atoms with van der Waals surface area (Å²) in [4.78, 5) is 6.88. The molecule has 1 aliphatic heterocycles. The number of hydrogen-bond donors (Lipinski definition) is 0. The Kier molecular flexibility index (Phi) is 3.73. The molecule has 1 fully saturated rings. The molecule has 3 rings (SSSR count). The van der Waals surface area contributed by atoms with Gasteiger partial charge in [0.25, 0.3) is 0 Å². The van der Waals surface area contributed by atoms with Crippen LogP contribution in [0.4, 0.5) is 0 Å². The number of halogens is 1. The van der Waals surface area contributed by atoms with Gasteiger partial charge in [0.05, 0.1) is 36.2 Å². The topological polar surface area (TPSA) is 30.3 Å². The molecule has 1 saturated heterocycles. The van der Waals surface area contributed by atoms with Crippen molar-refractivity contribution >= 4 is 22.6 Å². The lowest BCUT2D eigenvalue weighted by atomic mass is 10.2. The zero-order chi connectivity index (χ0) is 13.2. The molecule has 0 aliphatic carbocycles. The number of fused-ring (bicyclic) bond motifs is 1. The van der Waals surface area contributed by atoms with Crippen molar-refractivity contribution in [3.63, 3.8) is 0 Å². The summed E-state index contributed by atoms with van der Waals surface area (Å²) in [6.45, 7) is 3.56. The highest BCUT2D eigenvalue weighted by atomic mass is 35.5. The minimum Gasteiger partial charge on any atom is -0.374 e. The number of hydrogen-bond acceptors (Lipinski definition) is 3. The Morgan fingerprint density at radius 1 is 1.42 bits per heavy atom. The first-order valence-electron chi connectivity index (χ1n) is 6.58. The number of ether oxygens (including phenoxy) is 1. The molecule has 19 heavy (non-hydrogen) atoms. The van der Waals surface area contributed by atoms with Crippen molar-refractivity contribution in [1.82, 2.24) is 14.5 Å². The van der Waals surface area contributed by atoms with E-state index in [0.717, 1.165) is 43.1 Å². The van der Waals surface area contributed by atoms with Gasteiger partial charge in [-0.05, 0) is 19.2 Å². The highest BCUT2D eigenvalue weighted by Crippen LogP contribution is 2.19. The van der Waals surface area contributed by atoms with E-state index in [9.17, 15) is 0 Å². The third-order valence-corrected chi connectivity index (χ3v) is 3.82. The van der Waals surface area contributed by atoms with Crippen LogP contribution in [0.25, 0.3) is 11.0 Å². The molecule has 0 spiro atoms. The first-order chi connectivity index (χ1) is 9.28. The zero-order valence-electron chi connectivity index (χ0n) is 11.1. The lowest BCUT2D eigenvalue weighted by molar-refractivity contribution is -0.0272. The molecule has 2 heterocycles. The predicted octanol–water partition coefficient (Wildman–Crippen LogP) is 2.11. The van der Waals surface area contributed by atoms with Crippen molar-refractivity contribution in [1.29, 1.82) is 0 Å². The maximum atomic E-state index is 6.02.